The number of carboxylic acid groups (broad SMARTS) is 1. The zero-order valence-electron chi connectivity index (χ0n) is 9.01. The van der Waals surface area contributed by atoms with Crippen LogP contribution in [-0.4, -0.2) is 11.1 Å². The zero-order valence-corrected chi connectivity index (χ0v) is 11.4. The molecule has 0 radical (unpaired) electrons. The first-order valence-electron chi connectivity index (χ1n) is 5.15. The predicted octanol–water partition coefficient (Wildman–Crippen LogP) is 4.49. The first-order valence-corrected chi connectivity index (χ1v) is 7.23. The molecule has 0 saturated heterocycles. The van der Waals surface area contributed by atoms with Crippen molar-refractivity contribution in [1.29, 1.82) is 0 Å². The normalized spacial score (nSPS) is 13.3. The Balaban J connectivity index is 2.27. The maximum atomic E-state index is 11.4. The molecule has 0 saturated carbocycles. The third-order valence-corrected chi connectivity index (χ3v) is 5.10. The minimum Gasteiger partial charge on any atom is -0.478 e. The molecule has 2 nitrogen and oxygen atoms in total. The van der Waals surface area contributed by atoms with E-state index in [4.69, 9.17) is 11.6 Å². The van der Waals surface area contributed by atoms with Crippen molar-refractivity contribution in [2.24, 2.45) is 0 Å². The van der Waals surface area contributed by atoms with Crippen LogP contribution in [0.4, 0.5) is 0 Å². The Morgan fingerprint density at radius 2 is 2.11 bits per heavy atom. The van der Waals surface area contributed by atoms with Gasteiger partial charge in [-0.15, -0.1) is 11.3 Å². The molecule has 0 atom stereocenters. The number of carbonyl (C=O) groups is 1. The fourth-order valence-electron chi connectivity index (χ4n) is 1.81. The Labute approximate surface area is 117 Å². The largest absolute Gasteiger partial charge is 0.478 e. The summed E-state index contributed by atoms with van der Waals surface area (Å²) >= 11 is 9.10. The Kier molecular flexibility index (Phi) is 2.93. The summed E-state index contributed by atoms with van der Waals surface area (Å²) in [6, 6.07) is 7.39. The summed E-state index contributed by atoms with van der Waals surface area (Å²) in [6.45, 7) is 0. The van der Waals surface area contributed by atoms with Gasteiger partial charge in [0.05, 0.1) is 9.78 Å². The van der Waals surface area contributed by atoms with Crippen LogP contribution < -0.4 is 0 Å². The van der Waals surface area contributed by atoms with Crippen molar-refractivity contribution in [1.82, 2.24) is 0 Å². The molecule has 2 aromatic rings. The van der Waals surface area contributed by atoms with Crippen molar-refractivity contribution in [2.75, 3.05) is 0 Å². The number of hydrogen-bond donors (Lipinski definition) is 1. The molecule has 3 rings (SSSR count). The van der Waals surface area contributed by atoms with E-state index in [9.17, 15) is 9.90 Å². The lowest BCUT2D eigenvalue weighted by Gasteiger charge is -2.02. The summed E-state index contributed by atoms with van der Waals surface area (Å²) in [5, 5.41) is 11.8. The Hall–Kier alpha value is -1.23. The average molecular weight is 295 g/mol. The predicted molar refractivity (Wildman–Crippen MR) is 75.4 cm³/mol. The minimum absolute atomic E-state index is 0.319. The summed E-state index contributed by atoms with van der Waals surface area (Å²) in [7, 11) is 0. The maximum absolute atomic E-state index is 11.4. The van der Waals surface area contributed by atoms with Crippen LogP contribution in [0, 0.1) is 0 Å². The number of fused-ring (bicyclic) bond motifs is 2. The van der Waals surface area contributed by atoms with Crippen LogP contribution in [0.15, 0.2) is 38.8 Å². The van der Waals surface area contributed by atoms with Crippen LogP contribution in [0.3, 0.4) is 0 Å². The van der Waals surface area contributed by atoms with Crippen molar-refractivity contribution >= 4 is 52.3 Å². The molecular formula is C13H7ClO2S2. The smallest absolute Gasteiger partial charge is 0.336 e. The van der Waals surface area contributed by atoms with Gasteiger partial charge < -0.3 is 5.11 Å². The second kappa shape index (κ2) is 4.46. The van der Waals surface area contributed by atoms with Crippen LogP contribution >= 0.6 is 34.7 Å². The van der Waals surface area contributed by atoms with E-state index in [0.29, 0.717) is 10.6 Å². The number of carboxylic acids is 1. The number of aliphatic carboxylic acids is 1. The molecule has 1 aromatic heterocycles. The molecule has 0 spiro atoms. The Morgan fingerprint density at radius 1 is 1.28 bits per heavy atom. The lowest BCUT2D eigenvalue weighted by molar-refractivity contribution is -0.130. The van der Waals surface area contributed by atoms with Crippen LogP contribution in [-0.2, 0) is 4.79 Å². The number of hydrogen-bond acceptors (Lipinski definition) is 3. The highest BCUT2D eigenvalue weighted by molar-refractivity contribution is 8.01. The van der Waals surface area contributed by atoms with Gasteiger partial charge in [0.1, 0.15) is 0 Å². The molecule has 1 aromatic carbocycles. The van der Waals surface area contributed by atoms with E-state index in [1.807, 2.05) is 23.6 Å². The van der Waals surface area contributed by atoms with E-state index in [-0.39, 0.29) is 0 Å². The van der Waals surface area contributed by atoms with Crippen LogP contribution in [0.1, 0.15) is 11.1 Å². The molecule has 1 N–H and O–H groups in total. The Bertz CT molecular complexity index is 673. The van der Waals surface area contributed by atoms with Gasteiger partial charge in [0.15, 0.2) is 0 Å². The van der Waals surface area contributed by atoms with E-state index in [0.717, 1.165) is 20.2 Å². The van der Waals surface area contributed by atoms with Crippen molar-refractivity contribution in [3.05, 3.63) is 45.8 Å². The van der Waals surface area contributed by atoms with E-state index in [1.54, 1.807) is 35.2 Å². The highest BCUT2D eigenvalue weighted by Crippen LogP contribution is 2.43. The van der Waals surface area contributed by atoms with Gasteiger partial charge in [0.25, 0.3) is 0 Å². The zero-order chi connectivity index (χ0) is 12.7. The molecule has 5 heteroatoms. The van der Waals surface area contributed by atoms with E-state index in [2.05, 4.69) is 0 Å². The lowest BCUT2D eigenvalue weighted by Crippen LogP contribution is -1.98. The molecule has 2 heterocycles. The third kappa shape index (κ3) is 1.96. The van der Waals surface area contributed by atoms with Gasteiger partial charge in [-0.05, 0) is 41.3 Å². The second-order valence-corrected chi connectivity index (χ2v) is 6.43. The van der Waals surface area contributed by atoms with Crippen molar-refractivity contribution < 1.29 is 9.90 Å². The van der Waals surface area contributed by atoms with Crippen molar-refractivity contribution in [2.45, 2.75) is 9.10 Å². The number of benzene rings is 1. The van der Waals surface area contributed by atoms with E-state index < -0.39 is 5.97 Å². The second-order valence-electron chi connectivity index (χ2n) is 3.77. The maximum Gasteiger partial charge on any atom is 0.336 e. The molecule has 18 heavy (non-hydrogen) atoms. The summed E-state index contributed by atoms with van der Waals surface area (Å²) in [5.74, 6) is -0.914. The molecule has 90 valence electrons. The quantitative estimate of drug-likeness (QED) is 0.842. The van der Waals surface area contributed by atoms with Gasteiger partial charge in [0, 0.05) is 15.5 Å². The first-order chi connectivity index (χ1) is 8.65. The summed E-state index contributed by atoms with van der Waals surface area (Å²) in [6.07, 6.45) is 1.69. The molecule has 0 fully saturated rings. The van der Waals surface area contributed by atoms with Crippen LogP contribution in [0.25, 0.3) is 11.6 Å². The highest BCUT2D eigenvalue weighted by Gasteiger charge is 2.21. The van der Waals surface area contributed by atoms with Gasteiger partial charge in [-0.1, -0.05) is 23.4 Å². The molecule has 1 aliphatic heterocycles. The summed E-state index contributed by atoms with van der Waals surface area (Å²) < 4.78 is 1.00. The average Bonchev–Trinajstić information content (AvgIpc) is 2.71. The molecule has 0 amide bonds. The van der Waals surface area contributed by atoms with Gasteiger partial charge in [-0.3, -0.25) is 0 Å². The highest BCUT2D eigenvalue weighted by atomic mass is 35.5. The monoisotopic (exact) mass is 294 g/mol. The Morgan fingerprint density at radius 3 is 2.89 bits per heavy atom. The molecule has 1 aliphatic rings. The minimum atomic E-state index is -0.914. The number of rotatable bonds is 1. The van der Waals surface area contributed by atoms with E-state index >= 15 is 0 Å². The molecular weight excluding hydrogens is 288 g/mol. The molecule has 0 unspecified atom stereocenters. The number of halogens is 1. The van der Waals surface area contributed by atoms with Gasteiger partial charge in [-0.2, -0.15) is 0 Å². The summed E-state index contributed by atoms with van der Waals surface area (Å²) in [4.78, 5) is 12.4. The van der Waals surface area contributed by atoms with Gasteiger partial charge in [-0.25, -0.2) is 4.79 Å². The SMILES string of the molecule is O=C(O)C1=Cc2cc(Cl)ccc2Sc2sccc21. The molecule has 0 bridgehead atoms. The van der Waals surface area contributed by atoms with Gasteiger partial charge in [0.2, 0.25) is 0 Å². The first kappa shape index (κ1) is 11.8. The fourth-order valence-corrected chi connectivity index (χ4v) is 4.11. The van der Waals surface area contributed by atoms with Crippen molar-refractivity contribution in [3.8, 4) is 0 Å². The van der Waals surface area contributed by atoms with Crippen LogP contribution in [0.5, 0.6) is 0 Å². The van der Waals surface area contributed by atoms with Crippen molar-refractivity contribution in [3.63, 3.8) is 0 Å². The van der Waals surface area contributed by atoms with E-state index in [1.165, 1.54) is 0 Å². The number of thiophene rings is 1. The van der Waals surface area contributed by atoms with Crippen LogP contribution in [0.2, 0.25) is 5.02 Å². The standard InChI is InChI=1S/C13H7ClO2S2/c14-8-1-2-11-7(5-8)6-10(12(15)16)9-3-4-17-13(9)18-11/h1-6H,(H,15,16). The lowest BCUT2D eigenvalue weighted by atomic mass is 10.1. The molecule has 0 aliphatic carbocycles. The topological polar surface area (TPSA) is 37.3 Å². The van der Waals surface area contributed by atoms with Gasteiger partial charge >= 0.3 is 5.97 Å². The fraction of sp³-hybridized carbons (Fsp3) is 0. The third-order valence-electron chi connectivity index (χ3n) is 2.62. The summed E-state index contributed by atoms with van der Waals surface area (Å²) in [5.41, 5.74) is 1.96.